The molecule has 1 aromatic carbocycles. The van der Waals surface area contributed by atoms with E-state index in [0.717, 1.165) is 24.5 Å². The highest BCUT2D eigenvalue weighted by Crippen LogP contribution is 2.15. The molecule has 0 aliphatic rings. The summed E-state index contributed by atoms with van der Waals surface area (Å²) in [7, 11) is 2.13. The minimum absolute atomic E-state index is 0.583. The summed E-state index contributed by atoms with van der Waals surface area (Å²) >= 11 is 0. The number of benzene rings is 1. The molecule has 3 N–H and O–H groups in total. The molecule has 0 unspecified atom stereocenters. The van der Waals surface area contributed by atoms with Crippen LogP contribution in [0, 0.1) is 0 Å². The average molecular weight is 207 g/mol. The van der Waals surface area contributed by atoms with E-state index in [4.69, 9.17) is 5.73 Å². The first-order chi connectivity index (χ1) is 7.11. The van der Waals surface area contributed by atoms with Crippen LogP contribution in [0.4, 0.5) is 11.4 Å². The number of hydrogen-bond acceptors (Lipinski definition) is 3. The lowest BCUT2D eigenvalue weighted by atomic mass is 10.2. The largest absolute Gasteiger partial charge is 0.397 e. The predicted molar refractivity (Wildman–Crippen MR) is 67.1 cm³/mol. The van der Waals surface area contributed by atoms with Crippen LogP contribution in [-0.2, 0) is 0 Å². The topological polar surface area (TPSA) is 41.3 Å². The van der Waals surface area contributed by atoms with Crippen molar-refractivity contribution in [2.75, 3.05) is 31.2 Å². The first kappa shape index (κ1) is 11.9. The molecule has 3 nitrogen and oxygen atoms in total. The van der Waals surface area contributed by atoms with E-state index in [-0.39, 0.29) is 0 Å². The Balaban J connectivity index is 2.35. The van der Waals surface area contributed by atoms with E-state index in [1.165, 1.54) is 0 Å². The monoisotopic (exact) mass is 207 g/mol. The van der Waals surface area contributed by atoms with Crippen LogP contribution in [0.25, 0.3) is 0 Å². The van der Waals surface area contributed by atoms with Crippen molar-refractivity contribution in [3.8, 4) is 0 Å². The normalized spacial score (nSPS) is 11.0. The Labute approximate surface area is 92.3 Å². The van der Waals surface area contributed by atoms with Crippen molar-refractivity contribution in [1.82, 2.24) is 4.90 Å². The third-order valence-corrected chi connectivity index (χ3v) is 2.62. The molecule has 0 fully saturated rings. The lowest BCUT2D eigenvalue weighted by Gasteiger charge is -2.21. The third-order valence-electron chi connectivity index (χ3n) is 2.62. The number of anilines is 2. The van der Waals surface area contributed by atoms with Gasteiger partial charge in [-0.15, -0.1) is 0 Å². The van der Waals surface area contributed by atoms with E-state index >= 15 is 0 Å². The lowest BCUT2D eigenvalue weighted by molar-refractivity contribution is 0.284. The van der Waals surface area contributed by atoms with E-state index in [2.05, 4.69) is 31.1 Å². The number of nitrogens with two attached hydrogens (primary N) is 1. The number of nitrogen functional groups attached to an aromatic ring is 1. The van der Waals surface area contributed by atoms with Gasteiger partial charge in [0.25, 0.3) is 0 Å². The van der Waals surface area contributed by atoms with Gasteiger partial charge in [0.15, 0.2) is 0 Å². The van der Waals surface area contributed by atoms with Gasteiger partial charge in [-0.25, -0.2) is 0 Å². The molecule has 0 spiro atoms. The number of rotatable bonds is 5. The third kappa shape index (κ3) is 3.80. The van der Waals surface area contributed by atoms with Gasteiger partial charge in [0.2, 0.25) is 0 Å². The minimum Gasteiger partial charge on any atom is -0.397 e. The molecule has 84 valence electrons. The van der Waals surface area contributed by atoms with Gasteiger partial charge in [-0.1, -0.05) is 12.1 Å². The Morgan fingerprint density at radius 3 is 2.60 bits per heavy atom. The Morgan fingerprint density at radius 1 is 1.33 bits per heavy atom. The van der Waals surface area contributed by atoms with Crippen molar-refractivity contribution in [3.63, 3.8) is 0 Å². The zero-order chi connectivity index (χ0) is 11.3. The van der Waals surface area contributed by atoms with Crippen LogP contribution >= 0.6 is 0 Å². The molecule has 0 bridgehead atoms. The number of likely N-dealkylation sites (N-methyl/N-ethyl adjacent to an activating group) is 1. The molecule has 0 atom stereocenters. The van der Waals surface area contributed by atoms with E-state index < -0.39 is 0 Å². The second-order valence-electron chi connectivity index (χ2n) is 4.09. The SMILES string of the molecule is CC(C)N(C)CCNc1ccccc1N. The maximum Gasteiger partial charge on any atom is 0.0574 e. The van der Waals surface area contributed by atoms with Gasteiger partial charge in [0.1, 0.15) is 0 Å². The smallest absolute Gasteiger partial charge is 0.0574 e. The first-order valence-electron chi connectivity index (χ1n) is 5.40. The zero-order valence-corrected chi connectivity index (χ0v) is 9.83. The van der Waals surface area contributed by atoms with Gasteiger partial charge < -0.3 is 16.0 Å². The molecule has 0 saturated carbocycles. The molecule has 0 aliphatic heterocycles. The van der Waals surface area contributed by atoms with Crippen molar-refractivity contribution < 1.29 is 0 Å². The van der Waals surface area contributed by atoms with Crippen LogP contribution in [0.3, 0.4) is 0 Å². The van der Waals surface area contributed by atoms with Gasteiger partial charge in [-0.05, 0) is 33.0 Å². The van der Waals surface area contributed by atoms with Gasteiger partial charge in [0.05, 0.1) is 11.4 Å². The number of nitrogens with one attached hydrogen (secondary N) is 1. The predicted octanol–water partition coefficient (Wildman–Crippen LogP) is 2.02. The molecule has 0 aliphatic carbocycles. The molecule has 0 aromatic heterocycles. The molecule has 0 saturated heterocycles. The van der Waals surface area contributed by atoms with Crippen molar-refractivity contribution >= 4 is 11.4 Å². The number of hydrogen-bond donors (Lipinski definition) is 2. The summed E-state index contributed by atoms with van der Waals surface area (Å²) in [6.45, 7) is 6.32. The highest BCUT2D eigenvalue weighted by molar-refractivity contribution is 5.65. The van der Waals surface area contributed by atoms with Crippen molar-refractivity contribution in [2.24, 2.45) is 0 Å². The molecule has 0 heterocycles. The van der Waals surface area contributed by atoms with Crippen LogP contribution in [0.5, 0.6) is 0 Å². The summed E-state index contributed by atoms with van der Waals surface area (Å²) in [5, 5.41) is 3.33. The molecule has 0 amide bonds. The van der Waals surface area contributed by atoms with Crippen LogP contribution in [0.15, 0.2) is 24.3 Å². The van der Waals surface area contributed by atoms with Crippen molar-refractivity contribution in [2.45, 2.75) is 19.9 Å². The molecule has 0 radical (unpaired) electrons. The van der Waals surface area contributed by atoms with Crippen molar-refractivity contribution in [1.29, 1.82) is 0 Å². The van der Waals surface area contributed by atoms with Gasteiger partial charge in [0, 0.05) is 19.1 Å². The molecule has 1 aromatic rings. The summed E-state index contributed by atoms with van der Waals surface area (Å²) in [6.07, 6.45) is 0. The summed E-state index contributed by atoms with van der Waals surface area (Å²) in [4.78, 5) is 2.30. The molecule has 1 rings (SSSR count). The average Bonchev–Trinajstić information content (AvgIpc) is 2.20. The van der Waals surface area contributed by atoms with E-state index in [0.29, 0.717) is 6.04 Å². The van der Waals surface area contributed by atoms with E-state index in [9.17, 15) is 0 Å². The molecule has 15 heavy (non-hydrogen) atoms. The Morgan fingerprint density at radius 2 is 2.00 bits per heavy atom. The zero-order valence-electron chi connectivity index (χ0n) is 9.83. The summed E-state index contributed by atoms with van der Waals surface area (Å²) in [5.41, 5.74) is 7.65. The van der Waals surface area contributed by atoms with Gasteiger partial charge in [-0.3, -0.25) is 0 Å². The Bertz CT molecular complexity index is 297. The highest BCUT2D eigenvalue weighted by atomic mass is 15.1. The lowest BCUT2D eigenvalue weighted by Crippen LogP contribution is -2.31. The summed E-state index contributed by atoms with van der Waals surface area (Å²) < 4.78 is 0. The van der Waals surface area contributed by atoms with Crippen LogP contribution in [-0.4, -0.2) is 31.1 Å². The highest BCUT2D eigenvalue weighted by Gasteiger charge is 2.02. The van der Waals surface area contributed by atoms with Crippen LogP contribution in [0.2, 0.25) is 0 Å². The molecular formula is C12H21N3. The van der Waals surface area contributed by atoms with Crippen LogP contribution in [0.1, 0.15) is 13.8 Å². The number of nitrogens with zero attached hydrogens (tertiary/aromatic N) is 1. The summed E-state index contributed by atoms with van der Waals surface area (Å²) in [6, 6.07) is 8.44. The second-order valence-corrected chi connectivity index (χ2v) is 4.09. The maximum absolute atomic E-state index is 5.82. The Hall–Kier alpha value is -1.22. The van der Waals surface area contributed by atoms with Gasteiger partial charge in [-0.2, -0.15) is 0 Å². The second kappa shape index (κ2) is 5.61. The first-order valence-corrected chi connectivity index (χ1v) is 5.40. The fraction of sp³-hybridized carbons (Fsp3) is 0.500. The van der Waals surface area contributed by atoms with E-state index in [1.54, 1.807) is 0 Å². The molecular weight excluding hydrogens is 186 g/mol. The van der Waals surface area contributed by atoms with Gasteiger partial charge >= 0.3 is 0 Å². The summed E-state index contributed by atoms with van der Waals surface area (Å²) in [5.74, 6) is 0. The maximum atomic E-state index is 5.82. The fourth-order valence-corrected chi connectivity index (χ4v) is 1.28. The number of para-hydroxylation sites is 2. The minimum atomic E-state index is 0.583. The fourth-order valence-electron chi connectivity index (χ4n) is 1.28. The van der Waals surface area contributed by atoms with Crippen molar-refractivity contribution in [3.05, 3.63) is 24.3 Å². The quantitative estimate of drug-likeness (QED) is 0.726. The Kier molecular flexibility index (Phi) is 4.43. The standard InChI is InChI=1S/C12H21N3/c1-10(2)15(3)9-8-14-12-7-5-4-6-11(12)13/h4-7,10,14H,8-9,13H2,1-3H3. The van der Waals surface area contributed by atoms with Crippen LogP contribution < -0.4 is 11.1 Å². The van der Waals surface area contributed by atoms with E-state index in [1.807, 2.05) is 24.3 Å². The molecule has 3 heteroatoms.